The zero-order chi connectivity index (χ0) is 25.2. The van der Waals surface area contributed by atoms with Crippen molar-refractivity contribution in [3.63, 3.8) is 0 Å². The molecular formula is C26H19FN2O4S3. The number of aliphatic carboxylic acids is 1. The summed E-state index contributed by atoms with van der Waals surface area (Å²) in [5.41, 5.74) is 3.08. The standard InChI is InChI=1S/C26H19FN2O4S3/c1-14-24(28-26(32)33-13-15-5-3-2-4-6-15)25(36-29-14)22-12-21-20(35-22)11-19(34-21)17-8-7-16(9-18(17)27)10-23(30)31/h2-9,11-12H,10,13H2,1H3,(H,28,32)(H,30,31). The number of hydrogen-bond donors (Lipinski definition) is 2. The summed E-state index contributed by atoms with van der Waals surface area (Å²) in [7, 11) is 0. The number of aromatic nitrogens is 1. The molecule has 3 aromatic heterocycles. The van der Waals surface area contributed by atoms with E-state index in [2.05, 4.69) is 9.69 Å². The van der Waals surface area contributed by atoms with E-state index in [1.165, 1.54) is 40.3 Å². The van der Waals surface area contributed by atoms with E-state index in [0.717, 1.165) is 29.6 Å². The molecule has 0 saturated carbocycles. The Morgan fingerprint density at radius 3 is 2.44 bits per heavy atom. The molecule has 0 aliphatic rings. The maximum Gasteiger partial charge on any atom is 0.412 e. The van der Waals surface area contributed by atoms with Crippen LogP contribution in [0.15, 0.2) is 60.7 Å². The van der Waals surface area contributed by atoms with E-state index in [0.29, 0.717) is 22.5 Å². The van der Waals surface area contributed by atoms with Crippen LogP contribution in [0.1, 0.15) is 16.8 Å². The second-order valence-corrected chi connectivity index (χ2v) is 10.9. The first kappa shape index (κ1) is 24.1. The van der Waals surface area contributed by atoms with Crippen LogP contribution in [0.5, 0.6) is 0 Å². The summed E-state index contributed by atoms with van der Waals surface area (Å²) in [5.74, 6) is -1.44. The van der Waals surface area contributed by atoms with Gasteiger partial charge in [-0.2, -0.15) is 4.37 Å². The molecule has 6 nitrogen and oxygen atoms in total. The lowest BCUT2D eigenvalue weighted by Crippen LogP contribution is -2.14. The zero-order valence-corrected chi connectivity index (χ0v) is 21.4. The molecule has 36 heavy (non-hydrogen) atoms. The summed E-state index contributed by atoms with van der Waals surface area (Å²) < 4.78 is 26.4. The van der Waals surface area contributed by atoms with E-state index < -0.39 is 17.9 Å². The third-order valence-electron chi connectivity index (χ3n) is 5.39. The van der Waals surface area contributed by atoms with Gasteiger partial charge in [-0.05, 0) is 47.8 Å². The number of hydrogen-bond acceptors (Lipinski definition) is 7. The number of aryl methyl sites for hydroxylation is 1. The molecule has 1 amide bonds. The Hall–Kier alpha value is -3.60. The predicted octanol–water partition coefficient (Wildman–Crippen LogP) is 7.58. The van der Waals surface area contributed by atoms with Crippen LogP contribution in [0.4, 0.5) is 14.9 Å². The van der Waals surface area contributed by atoms with Gasteiger partial charge in [-0.3, -0.25) is 10.1 Å². The average Bonchev–Trinajstić information content (AvgIpc) is 3.52. The third kappa shape index (κ3) is 5.15. The number of nitrogens with zero attached hydrogens (tertiary/aromatic N) is 1. The minimum absolute atomic E-state index is 0.171. The van der Waals surface area contributed by atoms with Gasteiger partial charge < -0.3 is 9.84 Å². The summed E-state index contributed by atoms with van der Waals surface area (Å²) in [5, 5.41) is 11.8. The van der Waals surface area contributed by atoms with E-state index in [1.54, 1.807) is 12.1 Å². The van der Waals surface area contributed by atoms with Crippen molar-refractivity contribution in [2.75, 3.05) is 5.32 Å². The average molecular weight is 539 g/mol. The fraction of sp³-hybridized carbons (Fsp3) is 0.115. The van der Waals surface area contributed by atoms with Crippen LogP contribution in [0.25, 0.3) is 29.6 Å². The molecule has 0 fully saturated rings. The highest BCUT2D eigenvalue weighted by Crippen LogP contribution is 2.45. The monoisotopic (exact) mass is 538 g/mol. The molecule has 0 bridgehead atoms. The Labute approximate surface area is 217 Å². The van der Waals surface area contributed by atoms with Crippen LogP contribution in [0, 0.1) is 12.7 Å². The first-order valence-corrected chi connectivity index (χ1v) is 13.3. The summed E-state index contributed by atoms with van der Waals surface area (Å²) >= 11 is 4.30. The van der Waals surface area contributed by atoms with E-state index >= 15 is 0 Å². The lowest BCUT2D eigenvalue weighted by atomic mass is 10.1. The number of ether oxygens (including phenoxy) is 1. The van der Waals surface area contributed by atoms with Crippen molar-refractivity contribution < 1.29 is 23.8 Å². The molecule has 0 aliphatic heterocycles. The number of rotatable bonds is 7. The summed E-state index contributed by atoms with van der Waals surface area (Å²) in [4.78, 5) is 25.9. The number of carboxylic acid groups (broad SMARTS) is 1. The number of carboxylic acids is 1. The summed E-state index contributed by atoms with van der Waals surface area (Å²) in [6.07, 6.45) is -0.768. The second kappa shape index (κ2) is 10.2. The molecule has 5 rings (SSSR count). The maximum absolute atomic E-state index is 14.7. The fourth-order valence-electron chi connectivity index (χ4n) is 3.67. The number of thiophene rings is 2. The quantitative estimate of drug-likeness (QED) is 0.223. The van der Waals surface area contributed by atoms with Gasteiger partial charge in [0, 0.05) is 19.8 Å². The van der Waals surface area contributed by atoms with Gasteiger partial charge in [0.15, 0.2) is 0 Å². The molecule has 3 heterocycles. The minimum Gasteiger partial charge on any atom is -0.481 e. The number of benzene rings is 2. The van der Waals surface area contributed by atoms with Gasteiger partial charge >= 0.3 is 12.1 Å². The zero-order valence-electron chi connectivity index (χ0n) is 18.9. The Morgan fingerprint density at radius 2 is 1.72 bits per heavy atom. The molecule has 10 heteroatoms. The van der Waals surface area contributed by atoms with Crippen molar-refractivity contribution >= 4 is 61.4 Å². The van der Waals surface area contributed by atoms with Crippen molar-refractivity contribution in [1.82, 2.24) is 4.37 Å². The highest BCUT2D eigenvalue weighted by Gasteiger charge is 2.20. The largest absolute Gasteiger partial charge is 0.481 e. The van der Waals surface area contributed by atoms with Crippen molar-refractivity contribution in [1.29, 1.82) is 0 Å². The normalized spacial score (nSPS) is 11.1. The smallest absolute Gasteiger partial charge is 0.412 e. The lowest BCUT2D eigenvalue weighted by molar-refractivity contribution is -0.136. The van der Waals surface area contributed by atoms with Crippen LogP contribution in [-0.2, 0) is 22.6 Å². The SMILES string of the molecule is Cc1nsc(-c2cc3sc(-c4ccc(CC(=O)O)cc4F)cc3s2)c1NC(=O)OCc1ccccc1. The molecule has 2 aromatic carbocycles. The lowest BCUT2D eigenvalue weighted by Gasteiger charge is -2.08. The van der Waals surface area contributed by atoms with E-state index in [4.69, 9.17) is 9.84 Å². The molecular weight excluding hydrogens is 519 g/mol. The van der Waals surface area contributed by atoms with Gasteiger partial charge in [-0.25, -0.2) is 9.18 Å². The highest BCUT2D eigenvalue weighted by molar-refractivity contribution is 7.32. The number of nitrogens with one attached hydrogen (secondary N) is 1. The van der Waals surface area contributed by atoms with E-state index in [-0.39, 0.29) is 13.0 Å². The number of amides is 1. The number of carbonyl (C=O) groups is 2. The highest BCUT2D eigenvalue weighted by atomic mass is 32.1. The van der Waals surface area contributed by atoms with Gasteiger partial charge in [0.2, 0.25) is 0 Å². The van der Waals surface area contributed by atoms with E-state index in [1.807, 2.05) is 49.4 Å². The Kier molecular flexibility index (Phi) is 6.82. The Balaban J connectivity index is 1.35. The molecule has 0 aliphatic carbocycles. The van der Waals surface area contributed by atoms with Crippen molar-refractivity contribution in [3.05, 3.63) is 83.3 Å². The number of fused-ring (bicyclic) bond motifs is 1. The van der Waals surface area contributed by atoms with Gasteiger partial charge in [0.1, 0.15) is 12.4 Å². The van der Waals surface area contributed by atoms with Gasteiger partial charge in [-0.1, -0.05) is 42.5 Å². The number of halogens is 1. The second-order valence-electron chi connectivity index (χ2n) is 7.99. The molecule has 2 N–H and O–H groups in total. The van der Waals surface area contributed by atoms with Crippen molar-refractivity contribution in [2.24, 2.45) is 0 Å². The first-order chi connectivity index (χ1) is 17.4. The maximum atomic E-state index is 14.7. The van der Waals surface area contributed by atoms with Crippen LogP contribution in [-0.4, -0.2) is 21.5 Å². The molecule has 0 atom stereocenters. The topological polar surface area (TPSA) is 88.5 Å². The van der Waals surface area contributed by atoms with Crippen molar-refractivity contribution in [2.45, 2.75) is 20.0 Å². The van der Waals surface area contributed by atoms with Crippen LogP contribution >= 0.6 is 34.2 Å². The predicted molar refractivity (Wildman–Crippen MR) is 143 cm³/mol. The van der Waals surface area contributed by atoms with Crippen LogP contribution < -0.4 is 5.32 Å². The van der Waals surface area contributed by atoms with Gasteiger partial charge in [0.25, 0.3) is 0 Å². The van der Waals surface area contributed by atoms with Crippen LogP contribution in [0.3, 0.4) is 0 Å². The van der Waals surface area contributed by atoms with Crippen LogP contribution in [0.2, 0.25) is 0 Å². The van der Waals surface area contributed by atoms with Gasteiger partial charge in [0.05, 0.1) is 27.6 Å². The first-order valence-electron chi connectivity index (χ1n) is 10.9. The Bertz CT molecular complexity index is 1540. The summed E-state index contributed by atoms with van der Waals surface area (Å²) in [6.45, 7) is 2.00. The van der Waals surface area contributed by atoms with Crippen molar-refractivity contribution in [3.8, 4) is 20.2 Å². The molecule has 0 saturated heterocycles. The van der Waals surface area contributed by atoms with Gasteiger partial charge in [-0.15, -0.1) is 22.7 Å². The van der Waals surface area contributed by atoms with E-state index in [9.17, 15) is 14.0 Å². The fourth-order valence-corrected chi connectivity index (χ4v) is 7.03. The third-order valence-corrected chi connectivity index (χ3v) is 8.83. The Morgan fingerprint density at radius 1 is 1.00 bits per heavy atom. The molecule has 5 aromatic rings. The number of anilines is 1. The number of carbonyl (C=O) groups excluding carboxylic acids is 1. The summed E-state index contributed by atoms with van der Waals surface area (Å²) in [6, 6.07) is 17.9. The molecule has 0 radical (unpaired) electrons. The molecule has 0 unspecified atom stereocenters. The minimum atomic E-state index is -0.997. The molecule has 0 spiro atoms. The molecule has 182 valence electrons.